The summed E-state index contributed by atoms with van der Waals surface area (Å²) in [7, 11) is 0. The van der Waals surface area contributed by atoms with E-state index in [1.54, 1.807) is 0 Å². The van der Waals surface area contributed by atoms with E-state index < -0.39 is 0 Å². The first-order valence-electron chi connectivity index (χ1n) is 6.77. The number of hydrogen-bond donors (Lipinski definition) is 0. The molecule has 18 heavy (non-hydrogen) atoms. The molecule has 3 heteroatoms. The molecular formula is C15H19N3. The zero-order valence-electron chi connectivity index (χ0n) is 10.8. The minimum absolute atomic E-state index is 0.269. The number of rotatable bonds is 2. The molecule has 3 nitrogen and oxygen atoms in total. The normalized spacial score (nSPS) is 32.0. The lowest BCUT2D eigenvalue weighted by molar-refractivity contribution is 0.212. The molecule has 1 aromatic carbocycles. The third kappa shape index (κ3) is 1.69. The summed E-state index contributed by atoms with van der Waals surface area (Å²) in [6.07, 6.45) is 4.13. The summed E-state index contributed by atoms with van der Waals surface area (Å²) in [4.78, 5) is 4.72. The number of para-hydroxylation sites is 1. The Bertz CT molecular complexity index is 458. The second kappa shape index (κ2) is 4.29. The average Bonchev–Trinajstić information content (AvgIpc) is 3.08. The van der Waals surface area contributed by atoms with Crippen LogP contribution in [-0.2, 0) is 0 Å². The van der Waals surface area contributed by atoms with Crippen LogP contribution in [0.4, 0.5) is 5.69 Å². The predicted molar refractivity (Wildman–Crippen MR) is 72.2 cm³/mol. The second-order valence-electron chi connectivity index (χ2n) is 5.44. The summed E-state index contributed by atoms with van der Waals surface area (Å²) < 4.78 is 0. The van der Waals surface area contributed by atoms with E-state index >= 15 is 0 Å². The summed E-state index contributed by atoms with van der Waals surface area (Å²) in [5.41, 5.74) is 0.815. The van der Waals surface area contributed by atoms with Gasteiger partial charge in [0.2, 0.25) is 0 Å². The van der Waals surface area contributed by atoms with Gasteiger partial charge in [0, 0.05) is 18.8 Å². The van der Waals surface area contributed by atoms with E-state index in [1.807, 2.05) is 18.2 Å². The van der Waals surface area contributed by atoms with Gasteiger partial charge in [-0.25, -0.2) is 0 Å². The van der Waals surface area contributed by atoms with Gasteiger partial charge < -0.3 is 4.90 Å². The van der Waals surface area contributed by atoms with Gasteiger partial charge in [-0.15, -0.1) is 0 Å². The van der Waals surface area contributed by atoms with E-state index in [4.69, 9.17) is 0 Å². The maximum atomic E-state index is 9.48. The number of benzene rings is 1. The molecule has 0 N–H and O–H groups in total. The van der Waals surface area contributed by atoms with Gasteiger partial charge in [0.25, 0.3) is 0 Å². The van der Waals surface area contributed by atoms with E-state index in [1.165, 1.54) is 19.3 Å². The van der Waals surface area contributed by atoms with Gasteiger partial charge in [-0.3, -0.25) is 4.90 Å². The number of anilines is 1. The first kappa shape index (κ1) is 11.6. The van der Waals surface area contributed by atoms with Crippen LogP contribution in [0.5, 0.6) is 0 Å². The molecule has 2 heterocycles. The molecule has 0 radical (unpaired) electrons. The van der Waals surface area contributed by atoms with Crippen molar-refractivity contribution in [2.24, 2.45) is 0 Å². The third-order valence-corrected chi connectivity index (χ3v) is 4.18. The highest BCUT2D eigenvalue weighted by molar-refractivity contribution is 5.63. The number of nitriles is 1. The standard InChI is InChI=1S/C15H19N3/c1-15(12-16)14(17-10-6-3-7-11-17)18(15)13-8-4-2-5-9-13/h2,4-5,8-9,14H,3,6-7,10-11H2,1H3/t14-,15-,18?/m0/s1. The van der Waals surface area contributed by atoms with E-state index in [0.29, 0.717) is 0 Å². The Labute approximate surface area is 109 Å². The van der Waals surface area contributed by atoms with Crippen LogP contribution < -0.4 is 4.90 Å². The minimum Gasteiger partial charge on any atom is -0.331 e. The molecule has 0 saturated carbocycles. The average molecular weight is 241 g/mol. The molecule has 2 aliphatic rings. The molecule has 2 aliphatic heterocycles. The maximum absolute atomic E-state index is 9.48. The summed E-state index contributed by atoms with van der Waals surface area (Å²) in [5, 5.41) is 9.48. The van der Waals surface area contributed by atoms with Gasteiger partial charge in [0.15, 0.2) is 5.54 Å². The lowest BCUT2D eigenvalue weighted by Crippen LogP contribution is -2.36. The minimum atomic E-state index is -0.349. The van der Waals surface area contributed by atoms with Gasteiger partial charge in [0.05, 0.1) is 6.07 Å². The van der Waals surface area contributed by atoms with Gasteiger partial charge >= 0.3 is 0 Å². The van der Waals surface area contributed by atoms with Crippen LogP contribution in [-0.4, -0.2) is 29.7 Å². The van der Waals surface area contributed by atoms with Crippen molar-refractivity contribution in [3.63, 3.8) is 0 Å². The molecule has 0 amide bonds. The zero-order valence-corrected chi connectivity index (χ0v) is 10.8. The SMILES string of the molecule is C[C@]1(C#N)[C@@H](N2CCCCC2)N1c1ccccc1. The van der Waals surface area contributed by atoms with Crippen molar-refractivity contribution in [1.29, 1.82) is 5.26 Å². The predicted octanol–water partition coefficient (Wildman–Crippen LogP) is 2.60. The number of likely N-dealkylation sites (tertiary alicyclic amines) is 1. The van der Waals surface area contributed by atoms with Crippen molar-refractivity contribution < 1.29 is 0 Å². The monoisotopic (exact) mass is 241 g/mol. The molecule has 2 fully saturated rings. The number of nitrogens with zero attached hydrogens (tertiary/aromatic N) is 3. The largest absolute Gasteiger partial charge is 0.331 e. The van der Waals surface area contributed by atoms with Crippen molar-refractivity contribution in [2.75, 3.05) is 18.0 Å². The fourth-order valence-electron chi connectivity index (χ4n) is 3.16. The molecule has 0 bridgehead atoms. The summed E-state index contributed by atoms with van der Waals surface area (Å²) in [6, 6.07) is 12.8. The molecule has 2 atom stereocenters. The summed E-state index contributed by atoms with van der Waals surface area (Å²) in [6.45, 7) is 4.32. The molecule has 0 unspecified atom stereocenters. The van der Waals surface area contributed by atoms with Crippen LogP contribution in [0.25, 0.3) is 0 Å². The van der Waals surface area contributed by atoms with Crippen LogP contribution >= 0.6 is 0 Å². The zero-order chi connectivity index (χ0) is 12.6. The van der Waals surface area contributed by atoms with E-state index in [2.05, 4.69) is 34.9 Å². The Morgan fingerprint density at radius 2 is 1.83 bits per heavy atom. The lowest BCUT2D eigenvalue weighted by Gasteiger charge is -2.26. The van der Waals surface area contributed by atoms with Gasteiger partial charge in [0.1, 0.15) is 6.17 Å². The third-order valence-electron chi connectivity index (χ3n) is 4.18. The highest BCUT2D eigenvalue weighted by Crippen LogP contribution is 2.46. The van der Waals surface area contributed by atoms with Crippen molar-refractivity contribution in [3.05, 3.63) is 30.3 Å². The highest BCUT2D eigenvalue weighted by Gasteiger charge is 2.62. The Morgan fingerprint density at radius 3 is 2.44 bits per heavy atom. The molecule has 3 rings (SSSR count). The van der Waals surface area contributed by atoms with Gasteiger partial charge in [-0.1, -0.05) is 24.6 Å². The van der Waals surface area contributed by atoms with Crippen LogP contribution in [0, 0.1) is 11.3 Å². The van der Waals surface area contributed by atoms with Crippen molar-refractivity contribution >= 4 is 5.69 Å². The molecule has 0 spiro atoms. The van der Waals surface area contributed by atoms with E-state index in [0.717, 1.165) is 18.8 Å². The first-order valence-corrected chi connectivity index (χ1v) is 6.77. The van der Waals surface area contributed by atoms with Gasteiger partial charge in [-0.05, 0) is 31.9 Å². The van der Waals surface area contributed by atoms with Crippen LogP contribution in [0.3, 0.4) is 0 Å². The lowest BCUT2D eigenvalue weighted by atomic mass is 10.1. The van der Waals surface area contributed by atoms with Crippen molar-refractivity contribution in [3.8, 4) is 6.07 Å². The molecule has 1 aromatic rings. The summed E-state index contributed by atoms with van der Waals surface area (Å²) in [5.74, 6) is 0. The number of hydrogen-bond acceptors (Lipinski definition) is 3. The molecule has 0 aliphatic carbocycles. The fourth-order valence-corrected chi connectivity index (χ4v) is 3.16. The Hall–Kier alpha value is -1.53. The Morgan fingerprint density at radius 1 is 1.17 bits per heavy atom. The second-order valence-corrected chi connectivity index (χ2v) is 5.44. The van der Waals surface area contributed by atoms with Crippen LogP contribution in [0.15, 0.2) is 30.3 Å². The molecule has 0 aromatic heterocycles. The highest BCUT2D eigenvalue weighted by atomic mass is 15.5. The van der Waals surface area contributed by atoms with E-state index in [9.17, 15) is 5.26 Å². The fraction of sp³-hybridized carbons (Fsp3) is 0.533. The van der Waals surface area contributed by atoms with Crippen LogP contribution in [0.1, 0.15) is 26.2 Å². The Kier molecular flexibility index (Phi) is 2.76. The smallest absolute Gasteiger partial charge is 0.160 e. The molecule has 94 valence electrons. The van der Waals surface area contributed by atoms with Crippen molar-refractivity contribution in [2.45, 2.75) is 37.9 Å². The molecule has 2 saturated heterocycles. The molecular weight excluding hydrogens is 222 g/mol. The van der Waals surface area contributed by atoms with Crippen LogP contribution in [0.2, 0.25) is 0 Å². The summed E-state index contributed by atoms with van der Waals surface area (Å²) >= 11 is 0. The van der Waals surface area contributed by atoms with Gasteiger partial charge in [-0.2, -0.15) is 5.26 Å². The quantitative estimate of drug-likeness (QED) is 0.745. The number of piperidine rings is 1. The first-order chi connectivity index (χ1) is 8.77. The Balaban J connectivity index is 1.84. The topological polar surface area (TPSA) is 30.0 Å². The maximum Gasteiger partial charge on any atom is 0.160 e. The van der Waals surface area contributed by atoms with E-state index in [-0.39, 0.29) is 11.7 Å². The van der Waals surface area contributed by atoms with Crippen molar-refractivity contribution in [1.82, 2.24) is 4.90 Å².